The first kappa shape index (κ1) is 14.6. The normalized spacial score (nSPS) is 33.4. The van der Waals surface area contributed by atoms with Crippen LogP contribution in [0.2, 0.25) is 0 Å². The van der Waals surface area contributed by atoms with E-state index in [2.05, 4.69) is 9.97 Å². The van der Waals surface area contributed by atoms with Crippen LogP contribution >= 0.6 is 0 Å². The van der Waals surface area contributed by atoms with Crippen LogP contribution in [0.4, 0.5) is 0 Å². The van der Waals surface area contributed by atoms with Gasteiger partial charge >= 0.3 is 0 Å². The van der Waals surface area contributed by atoms with Gasteiger partial charge in [-0.05, 0) is 39.5 Å². The number of H-pyrrole nitrogens is 1. The van der Waals surface area contributed by atoms with Crippen molar-refractivity contribution in [3.63, 3.8) is 0 Å². The van der Waals surface area contributed by atoms with E-state index in [-0.39, 0.29) is 17.9 Å². The van der Waals surface area contributed by atoms with Gasteiger partial charge in [-0.3, -0.25) is 4.79 Å². The van der Waals surface area contributed by atoms with Gasteiger partial charge < -0.3 is 15.0 Å². The van der Waals surface area contributed by atoms with E-state index in [1.54, 1.807) is 6.20 Å². The fourth-order valence-electron chi connectivity index (χ4n) is 4.10. The smallest absolute Gasteiger partial charge is 0.272 e. The summed E-state index contributed by atoms with van der Waals surface area (Å²) in [7, 11) is 0. The van der Waals surface area contributed by atoms with E-state index in [1.807, 2.05) is 18.7 Å². The molecular weight excluding hydrogens is 266 g/mol. The lowest BCUT2D eigenvalue weighted by Crippen LogP contribution is -2.50. The van der Waals surface area contributed by atoms with Crippen molar-refractivity contribution in [1.29, 1.82) is 0 Å². The molecule has 0 spiro atoms. The van der Waals surface area contributed by atoms with Gasteiger partial charge in [-0.25, -0.2) is 4.98 Å². The van der Waals surface area contributed by atoms with Gasteiger partial charge in [0.05, 0.1) is 11.8 Å². The minimum Gasteiger partial charge on any atom is -0.390 e. The summed E-state index contributed by atoms with van der Waals surface area (Å²) < 4.78 is 0. The molecule has 3 atom stereocenters. The van der Waals surface area contributed by atoms with Gasteiger partial charge in [0.1, 0.15) is 11.5 Å². The van der Waals surface area contributed by atoms with Gasteiger partial charge in [-0.2, -0.15) is 0 Å². The Bertz CT molecular complexity index is 523. The summed E-state index contributed by atoms with van der Waals surface area (Å²) in [5, 5.41) is 10.7. The number of nitrogens with zero attached hydrogens (tertiary/aromatic N) is 2. The molecule has 3 rings (SSSR count). The van der Waals surface area contributed by atoms with Gasteiger partial charge in [0.25, 0.3) is 5.91 Å². The zero-order chi connectivity index (χ0) is 15.0. The number of carbonyl (C=O) groups is 1. The van der Waals surface area contributed by atoms with Crippen LogP contribution in [0.1, 0.15) is 61.8 Å². The molecular formula is C16H25N3O2. The molecule has 116 valence electrons. The molecule has 0 unspecified atom stereocenters. The molecule has 1 aromatic rings. The predicted molar refractivity (Wildman–Crippen MR) is 80.0 cm³/mol. The van der Waals surface area contributed by atoms with Crippen LogP contribution in [0, 0.1) is 12.8 Å². The maximum absolute atomic E-state index is 12.7. The van der Waals surface area contributed by atoms with Crippen molar-refractivity contribution < 1.29 is 9.90 Å². The van der Waals surface area contributed by atoms with E-state index >= 15 is 0 Å². The molecule has 1 saturated heterocycles. The molecule has 0 bridgehead atoms. The van der Waals surface area contributed by atoms with Crippen molar-refractivity contribution in [2.45, 2.75) is 64.0 Å². The number of carbonyl (C=O) groups excluding carboxylic acids is 1. The van der Waals surface area contributed by atoms with Crippen LogP contribution in [0.25, 0.3) is 0 Å². The maximum Gasteiger partial charge on any atom is 0.272 e. The van der Waals surface area contributed by atoms with Crippen molar-refractivity contribution >= 4 is 5.91 Å². The van der Waals surface area contributed by atoms with Crippen LogP contribution in [-0.2, 0) is 0 Å². The van der Waals surface area contributed by atoms with Crippen LogP contribution in [-0.4, -0.2) is 44.1 Å². The Balaban J connectivity index is 1.80. The van der Waals surface area contributed by atoms with E-state index in [4.69, 9.17) is 0 Å². The number of aromatic amines is 1. The quantitative estimate of drug-likeness (QED) is 0.878. The Morgan fingerprint density at radius 2 is 2.24 bits per heavy atom. The summed E-state index contributed by atoms with van der Waals surface area (Å²) in [5.74, 6) is 0.986. The van der Waals surface area contributed by atoms with Gasteiger partial charge in [-0.15, -0.1) is 0 Å². The minimum absolute atomic E-state index is 0.0273. The summed E-state index contributed by atoms with van der Waals surface area (Å²) in [6.07, 6.45) is 7.75. The third-order valence-corrected chi connectivity index (χ3v) is 5.20. The van der Waals surface area contributed by atoms with Crippen molar-refractivity contribution in [3.8, 4) is 0 Å². The predicted octanol–water partition coefficient (Wildman–Crippen LogP) is 2.26. The Morgan fingerprint density at radius 3 is 2.90 bits per heavy atom. The van der Waals surface area contributed by atoms with E-state index in [9.17, 15) is 9.90 Å². The maximum atomic E-state index is 12.7. The minimum atomic E-state index is -0.643. The molecule has 1 amide bonds. The average Bonchev–Trinajstić information content (AvgIpc) is 3.06. The molecule has 2 aliphatic rings. The summed E-state index contributed by atoms with van der Waals surface area (Å²) >= 11 is 0. The number of nitrogens with one attached hydrogen (secondary N) is 1. The van der Waals surface area contributed by atoms with Gasteiger partial charge in [-0.1, -0.05) is 12.8 Å². The summed E-state index contributed by atoms with van der Waals surface area (Å²) in [6, 6.07) is 0.163. The monoisotopic (exact) mass is 291 g/mol. The zero-order valence-electron chi connectivity index (χ0n) is 12.9. The van der Waals surface area contributed by atoms with Crippen LogP contribution in [0.3, 0.4) is 0 Å². The molecule has 2 N–H and O–H groups in total. The SMILES string of the molecule is Cc1ncc(C(=O)N2CCC[C@@H]2[C@H]2CCCC[C@]2(C)O)[nH]1. The van der Waals surface area contributed by atoms with Crippen LogP contribution in [0.5, 0.6) is 0 Å². The van der Waals surface area contributed by atoms with Gasteiger partial charge in [0, 0.05) is 18.5 Å². The molecule has 5 heteroatoms. The van der Waals surface area contributed by atoms with Gasteiger partial charge in [0.2, 0.25) is 0 Å². The second-order valence-electron chi connectivity index (χ2n) is 6.80. The summed E-state index contributed by atoms with van der Waals surface area (Å²) in [4.78, 5) is 21.8. The van der Waals surface area contributed by atoms with Crippen LogP contribution in [0.15, 0.2) is 6.20 Å². The van der Waals surface area contributed by atoms with Crippen molar-refractivity contribution in [3.05, 3.63) is 17.7 Å². The zero-order valence-corrected chi connectivity index (χ0v) is 12.9. The number of imidazole rings is 1. The first-order chi connectivity index (χ1) is 9.99. The number of aliphatic hydroxyl groups is 1. The number of aromatic nitrogens is 2. The number of likely N-dealkylation sites (tertiary alicyclic amines) is 1. The van der Waals surface area contributed by atoms with E-state index < -0.39 is 5.60 Å². The standard InChI is InChI=1S/C16H25N3O2/c1-11-17-10-13(18-11)15(20)19-9-5-7-14(19)12-6-3-4-8-16(12,2)21/h10,12,14,21H,3-9H2,1-2H3,(H,17,18)/t12-,14-,16+/m1/s1. The third kappa shape index (κ3) is 2.71. The Morgan fingerprint density at radius 1 is 1.43 bits per heavy atom. The summed E-state index contributed by atoms with van der Waals surface area (Å²) in [5.41, 5.74) is -0.0785. The molecule has 1 saturated carbocycles. The highest BCUT2D eigenvalue weighted by molar-refractivity contribution is 5.92. The highest BCUT2D eigenvalue weighted by atomic mass is 16.3. The lowest BCUT2D eigenvalue weighted by atomic mass is 9.72. The van der Waals surface area contributed by atoms with Crippen LogP contribution < -0.4 is 0 Å². The molecule has 1 aliphatic heterocycles. The largest absolute Gasteiger partial charge is 0.390 e. The first-order valence-electron chi connectivity index (χ1n) is 8.04. The third-order valence-electron chi connectivity index (χ3n) is 5.20. The fourth-order valence-corrected chi connectivity index (χ4v) is 4.10. The second kappa shape index (κ2) is 5.44. The number of rotatable bonds is 2. The Labute approximate surface area is 125 Å². The highest BCUT2D eigenvalue weighted by Crippen LogP contribution is 2.40. The van der Waals surface area contributed by atoms with E-state index in [0.717, 1.165) is 50.9 Å². The number of hydrogen-bond donors (Lipinski definition) is 2. The summed E-state index contributed by atoms with van der Waals surface area (Å²) in [6.45, 7) is 4.58. The number of amides is 1. The van der Waals surface area contributed by atoms with Crippen molar-refractivity contribution in [2.75, 3.05) is 6.54 Å². The molecule has 1 aliphatic carbocycles. The van der Waals surface area contributed by atoms with E-state index in [1.165, 1.54) is 0 Å². The molecule has 0 radical (unpaired) electrons. The molecule has 1 aromatic heterocycles. The molecule has 2 fully saturated rings. The van der Waals surface area contributed by atoms with Gasteiger partial charge in [0.15, 0.2) is 0 Å². The topological polar surface area (TPSA) is 69.2 Å². The molecule has 0 aromatic carbocycles. The fraction of sp³-hybridized carbons (Fsp3) is 0.750. The number of aryl methyl sites for hydroxylation is 1. The van der Waals surface area contributed by atoms with Crippen molar-refractivity contribution in [2.24, 2.45) is 5.92 Å². The van der Waals surface area contributed by atoms with Crippen molar-refractivity contribution in [1.82, 2.24) is 14.9 Å². The Hall–Kier alpha value is -1.36. The lowest BCUT2D eigenvalue weighted by molar-refractivity contribution is -0.0578. The molecule has 21 heavy (non-hydrogen) atoms. The molecule has 5 nitrogen and oxygen atoms in total. The molecule has 2 heterocycles. The first-order valence-corrected chi connectivity index (χ1v) is 8.04. The average molecular weight is 291 g/mol. The Kier molecular flexibility index (Phi) is 3.78. The van der Waals surface area contributed by atoms with E-state index in [0.29, 0.717) is 5.69 Å². The highest BCUT2D eigenvalue weighted by Gasteiger charge is 2.44. The number of hydrogen-bond acceptors (Lipinski definition) is 3. The lowest BCUT2D eigenvalue weighted by Gasteiger charge is -2.43. The second-order valence-corrected chi connectivity index (χ2v) is 6.80.